The predicted molar refractivity (Wildman–Crippen MR) is 85.7 cm³/mol. The van der Waals surface area contributed by atoms with Crippen molar-refractivity contribution < 1.29 is 9.63 Å². The second-order valence-corrected chi connectivity index (χ2v) is 5.79. The summed E-state index contributed by atoms with van der Waals surface area (Å²) in [6.07, 6.45) is 0. The van der Waals surface area contributed by atoms with Crippen LogP contribution in [0.1, 0.15) is 11.1 Å². The molecule has 21 heavy (non-hydrogen) atoms. The van der Waals surface area contributed by atoms with E-state index in [0.717, 1.165) is 21.2 Å². The molecule has 3 rings (SSSR count). The zero-order chi connectivity index (χ0) is 14.8. The van der Waals surface area contributed by atoms with Gasteiger partial charge in [0.2, 0.25) is 0 Å². The Kier molecular flexibility index (Phi) is 3.90. The number of aliphatic hydroxyl groups excluding tert-OH is 1. The summed E-state index contributed by atoms with van der Waals surface area (Å²) < 4.78 is 6.49. The molecule has 106 valence electrons. The normalized spacial score (nSPS) is 10.8. The van der Waals surface area contributed by atoms with Crippen LogP contribution < -0.4 is 0 Å². The Morgan fingerprint density at radius 1 is 1.10 bits per heavy atom. The van der Waals surface area contributed by atoms with E-state index in [1.165, 1.54) is 0 Å². The van der Waals surface area contributed by atoms with Gasteiger partial charge in [-0.25, -0.2) is 0 Å². The first kappa shape index (κ1) is 14.0. The second-order valence-electron chi connectivity index (χ2n) is 4.87. The minimum Gasteiger partial charge on any atom is -0.391 e. The standard InChI is InChI=1S/C17H14BrNO2/c1-11-3-2-4-13(9-11)17-15(10-20)16(19-21-17)12-5-7-14(18)8-6-12/h2-9,20H,10H2,1H3. The molecule has 0 amide bonds. The topological polar surface area (TPSA) is 46.3 Å². The highest BCUT2D eigenvalue weighted by Gasteiger charge is 2.18. The van der Waals surface area contributed by atoms with E-state index in [1.54, 1.807) is 0 Å². The number of aliphatic hydroxyl groups is 1. The van der Waals surface area contributed by atoms with E-state index < -0.39 is 0 Å². The summed E-state index contributed by atoms with van der Waals surface area (Å²) in [5.74, 6) is 0.624. The number of halogens is 1. The molecule has 0 fully saturated rings. The number of nitrogens with zero attached hydrogens (tertiary/aromatic N) is 1. The molecule has 4 heteroatoms. The first-order valence-corrected chi connectivity index (χ1v) is 7.40. The Morgan fingerprint density at radius 2 is 1.86 bits per heavy atom. The van der Waals surface area contributed by atoms with E-state index in [9.17, 15) is 5.11 Å². The number of hydrogen-bond acceptors (Lipinski definition) is 3. The molecule has 1 aromatic heterocycles. The minimum atomic E-state index is -0.113. The van der Waals surface area contributed by atoms with E-state index in [-0.39, 0.29) is 6.61 Å². The summed E-state index contributed by atoms with van der Waals surface area (Å²) in [5.41, 5.74) is 4.38. The van der Waals surface area contributed by atoms with Crippen LogP contribution in [0.3, 0.4) is 0 Å². The van der Waals surface area contributed by atoms with Crippen LogP contribution in [0.15, 0.2) is 57.5 Å². The summed E-state index contributed by atoms with van der Waals surface area (Å²) in [4.78, 5) is 0. The van der Waals surface area contributed by atoms with Gasteiger partial charge in [-0.1, -0.05) is 57.0 Å². The molecule has 0 atom stereocenters. The van der Waals surface area contributed by atoms with Crippen LogP contribution in [0.2, 0.25) is 0 Å². The molecule has 3 nitrogen and oxygen atoms in total. The Morgan fingerprint density at radius 3 is 2.52 bits per heavy atom. The zero-order valence-corrected chi connectivity index (χ0v) is 13.1. The van der Waals surface area contributed by atoms with Crippen LogP contribution in [0.25, 0.3) is 22.6 Å². The molecule has 0 saturated heterocycles. The maximum atomic E-state index is 9.73. The molecule has 0 aliphatic heterocycles. The van der Waals surface area contributed by atoms with Crippen molar-refractivity contribution in [2.45, 2.75) is 13.5 Å². The molecule has 0 radical (unpaired) electrons. The van der Waals surface area contributed by atoms with Crippen molar-refractivity contribution in [1.29, 1.82) is 0 Å². The van der Waals surface area contributed by atoms with Crippen LogP contribution in [0.5, 0.6) is 0 Å². The van der Waals surface area contributed by atoms with Crippen LogP contribution in [0.4, 0.5) is 0 Å². The molecular weight excluding hydrogens is 330 g/mol. The van der Waals surface area contributed by atoms with Crippen LogP contribution in [-0.4, -0.2) is 10.3 Å². The Bertz CT molecular complexity index is 763. The lowest BCUT2D eigenvalue weighted by atomic mass is 10.0. The van der Waals surface area contributed by atoms with E-state index >= 15 is 0 Å². The first-order chi connectivity index (χ1) is 10.2. The Hall–Kier alpha value is -1.91. The lowest BCUT2D eigenvalue weighted by Gasteiger charge is -2.02. The van der Waals surface area contributed by atoms with Crippen LogP contribution >= 0.6 is 15.9 Å². The third-order valence-electron chi connectivity index (χ3n) is 3.34. The van der Waals surface area contributed by atoms with Crippen molar-refractivity contribution in [2.24, 2.45) is 0 Å². The lowest BCUT2D eigenvalue weighted by Crippen LogP contribution is -1.89. The van der Waals surface area contributed by atoms with Gasteiger partial charge in [0.25, 0.3) is 0 Å². The molecule has 0 bridgehead atoms. The minimum absolute atomic E-state index is 0.113. The highest BCUT2D eigenvalue weighted by atomic mass is 79.9. The molecule has 1 heterocycles. The molecule has 0 aliphatic rings. The molecule has 0 aliphatic carbocycles. The van der Waals surface area contributed by atoms with Crippen molar-refractivity contribution >= 4 is 15.9 Å². The van der Waals surface area contributed by atoms with Gasteiger partial charge in [0.15, 0.2) is 5.76 Å². The molecule has 1 N–H and O–H groups in total. The molecule has 2 aromatic carbocycles. The van der Waals surface area contributed by atoms with Crippen molar-refractivity contribution in [2.75, 3.05) is 0 Å². The number of aromatic nitrogens is 1. The molecular formula is C17H14BrNO2. The fourth-order valence-electron chi connectivity index (χ4n) is 2.30. The number of hydrogen-bond donors (Lipinski definition) is 1. The molecule has 0 saturated carbocycles. The van der Waals surface area contributed by atoms with Gasteiger partial charge in [0.1, 0.15) is 5.69 Å². The summed E-state index contributed by atoms with van der Waals surface area (Å²) in [6.45, 7) is 1.91. The first-order valence-electron chi connectivity index (χ1n) is 6.61. The van der Waals surface area contributed by atoms with Crippen LogP contribution in [-0.2, 0) is 6.61 Å². The molecule has 0 unspecified atom stereocenters. The maximum absolute atomic E-state index is 9.73. The van der Waals surface area contributed by atoms with Gasteiger partial charge in [-0.05, 0) is 25.1 Å². The van der Waals surface area contributed by atoms with Crippen molar-refractivity contribution in [3.05, 3.63) is 64.1 Å². The van der Waals surface area contributed by atoms with Gasteiger partial charge < -0.3 is 9.63 Å². The summed E-state index contributed by atoms with van der Waals surface area (Å²) in [7, 11) is 0. The highest BCUT2D eigenvalue weighted by molar-refractivity contribution is 9.10. The van der Waals surface area contributed by atoms with Crippen molar-refractivity contribution in [3.8, 4) is 22.6 Å². The quantitative estimate of drug-likeness (QED) is 0.757. The third kappa shape index (κ3) is 2.77. The average Bonchev–Trinajstić information content (AvgIpc) is 2.92. The van der Waals surface area contributed by atoms with Gasteiger partial charge in [-0.2, -0.15) is 0 Å². The van der Waals surface area contributed by atoms with Gasteiger partial charge in [-0.3, -0.25) is 0 Å². The smallest absolute Gasteiger partial charge is 0.173 e. The summed E-state index contributed by atoms with van der Waals surface area (Å²) >= 11 is 3.41. The second kappa shape index (κ2) is 5.84. The number of rotatable bonds is 3. The monoisotopic (exact) mass is 343 g/mol. The average molecular weight is 344 g/mol. The number of benzene rings is 2. The van der Waals surface area contributed by atoms with Gasteiger partial charge in [0.05, 0.1) is 12.2 Å². The SMILES string of the molecule is Cc1cccc(-c2onc(-c3ccc(Br)cc3)c2CO)c1. The third-order valence-corrected chi connectivity index (χ3v) is 3.87. The van der Waals surface area contributed by atoms with E-state index in [0.29, 0.717) is 17.0 Å². The van der Waals surface area contributed by atoms with Crippen molar-refractivity contribution in [1.82, 2.24) is 5.16 Å². The molecule has 0 spiro atoms. The summed E-state index contributed by atoms with van der Waals surface area (Å²) in [5, 5.41) is 13.9. The highest BCUT2D eigenvalue weighted by Crippen LogP contribution is 2.33. The zero-order valence-electron chi connectivity index (χ0n) is 11.5. The van der Waals surface area contributed by atoms with Crippen LogP contribution in [0, 0.1) is 6.92 Å². The largest absolute Gasteiger partial charge is 0.391 e. The fraction of sp³-hybridized carbons (Fsp3) is 0.118. The lowest BCUT2D eigenvalue weighted by molar-refractivity contribution is 0.281. The van der Waals surface area contributed by atoms with Gasteiger partial charge in [0, 0.05) is 15.6 Å². The molecule has 3 aromatic rings. The Labute approximate surface area is 131 Å². The van der Waals surface area contributed by atoms with E-state index in [4.69, 9.17) is 4.52 Å². The summed E-state index contributed by atoms with van der Waals surface area (Å²) in [6, 6.07) is 15.7. The van der Waals surface area contributed by atoms with Gasteiger partial charge in [-0.15, -0.1) is 0 Å². The van der Waals surface area contributed by atoms with Crippen molar-refractivity contribution in [3.63, 3.8) is 0 Å². The predicted octanol–water partition coefficient (Wildman–Crippen LogP) is 4.57. The van der Waals surface area contributed by atoms with Gasteiger partial charge >= 0.3 is 0 Å². The van der Waals surface area contributed by atoms with E-state index in [2.05, 4.69) is 21.1 Å². The fourth-order valence-corrected chi connectivity index (χ4v) is 2.57. The maximum Gasteiger partial charge on any atom is 0.173 e. The number of aryl methyl sites for hydroxylation is 1. The Balaban J connectivity index is 2.11. The van der Waals surface area contributed by atoms with E-state index in [1.807, 2.05) is 55.5 Å².